The lowest BCUT2D eigenvalue weighted by Gasteiger charge is -2.48. The fraction of sp³-hybridized carbons (Fsp3) is 0.500. The van der Waals surface area contributed by atoms with Crippen molar-refractivity contribution in [3.63, 3.8) is 0 Å². The zero-order valence-electron chi connectivity index (χ0n) is 19.1. The third-order valence-electron chi connectivity index (χ3n) is 5.74. The molecule has 30 heavy (non-hydrogen) atoms. The molecule has 2 aromatic carbocycles. The van der Waals surface area contributed by atoms with Crippen LogP contribution in [-0.2, 0) is 17.8 Å². The molecule has 0 spiro atoms. The first-order chi connectivity index (χ1) is 14.1. The first kappa shape index (κ1) is 22.4. The van der Waals surface area contributed by atoms with E-state index in [2.05, 4.69) is 79.4 Å². The molecule has 1 saturated heterocycles. The van der Waals surface area contributed by atoms with E-state index in [-0.39, 0.29) is 11.6 Å². The van der Waals surface area contributed by atoms with Gasteiger partial charge in [-0.25, -0.2) is 4.79 Å². The van der Waals surface area contributed by atoms with Crippen molar-refractivity contribution in [3.8, 4) is 0 Å². The predicted molar refractivity (Wildman–Crippen MR) is 122 cm³/mol. The van der Waals surface area contributed by atoms with E-state index in [9.17, 15) is 4.79 Å². The SMILES string of the molecule is CC(C)(C)OC(=O)N1CCC(N(Cc2ccccc2)Cc2ccccc2)CC1(C)C. The van der Waals surface area contributed by atoms with Crippen molar-refractivity contribution in [1.82, 2.24) is 9.80 Å². The van der Waals surface area contributed by atoms with Crippen LogP contribution in [0.1, 0.15) is 58.6 Å². The summed E-state index contributed by atoms with van der Waals surface area (Å²) in [6, 6.07) is 21.7. The number of amides is 1. The average Bonchev–Trinajstić information content (AvgIpc) is 2.67. The number of nitrogens with zero attached hydrogens (tertiary/aromatic N) is 2. The Morgan fingerprint density at radius 3 is 1.93 bits per heavy atom. The summed E-state index contributed by atoms with van der Waals surface area (Å²) in [5.74, 6) is 0. The highest BCUT2D eigenvalue weighted by Gasteiger charge is 2.41. The molecule has 162 valence electrons. The van der Waals surface area contributed by atoms with Gasteiger partial charge in [-0.3, -0.25) is 4.90 Å². The maximum Gasteiger partial charge on any atom is 0.410 e. The molecule has 0 saturated carbocycles. The Morgan fingerprint density at radius 1 is 1.00 bits per heavy atom. The van der Waals surface area contributed by atoms with Crippen molar-refractivity contribution in [2.24, 2.45) is 0 Å². The van der Waals surface area contributed by atoms with Crippen molar-refractivity contribution in [2.75, 3.05) is 6.54 Å². The summed E-state index contributed by atoms with van der Waals surface area (Å²) in [5.41, 5.74) is 1.91. The second-order valence-corrected chi connectivity index (χ2v) is 9.97. The summed E-state index contributed by atoms with van der Waals surface area (Å²) in [6.45, 7) is 12.6. The van der Waals surface area contributed by atoms with Crippen LogP contribution in [0.15, 0.2) is 60.7 Å². The lowest BCUT2D eigenvalue weighted by Crippen LogP contribution is -2.57. The molecule has 3 rings (SSSR count). The van der Waals surface area contributed by atoms with Crippen LogP contribution in [0.5, 0.6) is 0 Å². The maximum absolute atomic E-state index is 12.8. The Hall–Kier alpha value is -2.33. The van der Waals surface area contributed by atoms with Gasteiger partial charge in [0.2, 0.25) is 0 Å². The third-order valence-corrected chi connectivity index (χ3v) is 5.74. The Balaban J connectivity index is 1.76. The molecule has 1 unspecified atom stereocenters. The van der Waals surface area contributed by atoms with Gasteiger partial charge in [0.05, 0.1) is 0 Å². The summed E-state index contributed by atoms with van der Waals surface area (Å²) in [6.07, 6.45) is 1.66. The number of hydrogen-bond acceptors (Lipinski definition) is 3. The van der Waals surface area contributed by atoms with Crippen LogP contribution in [-0.4, -0.2) is 39.6 Å². The molecule has 4 heteroatoms. The molecule has 1 atom stereocenters. The molecule has 1 amide bonds. The number of carbonyl (C=O) groups excluding carboxylic acids is 1. The van der Waals surface area contributed by atoms with E-state index < -0.39 is 5.60 Å². The van der Waals surface area contributed by atoms with Gasteiger partial charge in [0.15, 0.2) is 0 Å². The Morgan fingerprint density at radius 2 is 1.50 bits per heavy atom. The Bertz CT molecular complexity index is 770. The van der Waals surface area contributed by atoms with Crippen LogP contribution in [0.25, 0.3) is 0 Å². The van der Waals surface area contributed by atoms with Crippen LogP contribution >= 0.6 is 0 Å². The molecule has 1 aliphatic rings. The molecule has 0 radical (unpaired) electrons. The number of hydrogen-bond donors (Lipinski definition) is 0. The normalized spacial score (nSPS) is 19.0. The van der Waals surface area contributed by atoms with E-state index >= 15 is 0 Å². The summed E-state index contributed by atoms with van der Waals surface area (Å²) < 4.78 is 5.67. The van der Waals surface area contributed by atoms with Crippen LogP contribution < -0.4 is 0 Å². The number of benzene rings is 2. The minimum atomic E-state index is -0.476. The highest BCUT2D eigenvalue weighted by Crippen LogP contribution is 2.33. The number of carbonyl (C=O) groups is 1. The van der Waals surface area contributed by atoms with Gasteiger partial charge in [-0.15, -0.1) is 0 Å². The molecule has 1 aliphatic heterocycles. The van der Waals surface area contributed by atoms with Gasteiger partial charge in [-0.1, -0.05) is 60.7 Å². The van der Waals surface area contributed by atoms with E-state index in [4.69, 9.17) is 4.74 Å². The van der Waals surface area contributed by atoms with Crippen LogP contribution in [0.2, 0.25) is 0 Å². The third kappa shape index (κ3) is 6.09. The van der Waals surface area contributed by atoms with Gasteiger partial charge in [-0.05, 0) is 58.6 Å². The zero-order valence-corrected chi connectivity index (χ0v) is 19.1. The van der Waals surface area contributed by atoms with E-state index in [1.54, 1.807) is 0 Å². The van der Waals surface area contributed by atoms with Crippen molar-refractivity contribution in [2.45, 2.75) is 77.7 Å². The summed E-state index contributed by atoms with van der Waals surface area (Å²) in [5, 5.41) is 0. The quantitative estimate of drug-likeness (QED) is 0.620. The van der Waals surface area contributed by atoms with E-state index in [0.29, 0.717) is 12.6 Å². The second kappa shape index (κ2) is 9.22. The second-order valence-electron chi connectivity index (χ2n) is 9.97. The largest absolute Gasteiger partial charge is 0.444 e. The molecule has 0 aromatic heterocycles. The molecule has 0 N–H and O–H groups in total. The molecule has 2 aromatic rings. The first-order valence-corrected chi connectivity index (χ1v) is 11.0. The number of piperidine rings is 1. The van der Waals surface area contributed by atoms with Gasteiger partial charge in [0.1, 0.15) is 5.60 Å². The number of rotatable bonds is 5. The summed E-state index contributed by atoms with van der Waals surface area (Å²) in [4.78, 5) is 17.3. The Labute approximate surface area is 181 Å². The van der Waals surface area contributed by atoms with Crippen LogP contribution in [0.4, 0.5) is 4.79 Å². The topological polar surface area (TPSA) is 32.8 Å². The van der Waals surface area contributed by atoms with Gasteiger partial charge in [0.25, 0.3) is 0 Å². The van der Waals surface area contributed by atoms with Crippen LogP contribution in [0.3, 0.4) is 0 Å². The van der Waals surface area contributed by atoms with Crippen molar-refractivity contribution >= 4 is 6.09 Å². The van der Waals surface area contributed by atoms with Crippen LogP contribution in [0, 0.1) is 0 Å². The molecule has 4 nitrogen and oxygen atoms in total. The molecule has 1 fully saturated rings. The number of likely N-dealkylation sites (tertiary alicyclic amines) is 1. The van der Waals surface area contributed by atoms with Gasteiger partial charge < -0.3 is 9.64 Å². The standard InChI is InChI=1S/C26H36N2O2/c1-25(2,3)30-24(29)28-17-16-23(18-26(28,4)5)27(19-21-12-8-6-9-13-21)20-22-14-10-7-11-15-22/h6-15,23H,16-20H2,1-5H3. The smallest absolute Gasteiger partial charge is 0.410 e. The molecular formula is C26H36N2O2. The maximum atomic E-state index is 12.8. The van der Waals surface area contributed by atoms with E-state index in [1.165, 1.54) is 11.1 Å². The summed E-state index contributed by atoms with van der Waals surface area (Å²) in [7, 11) is 0. The van der Waals surface area contributed by atoms with Gasteiger partial charge in [0, 0.05) is 31.2 Å². The molecule has 0 aliphatic carbocycles. The monoisotopic (exact) mass is 408 g/mol. The highest BCUT2D eigenvalue weighted by atomic mass is 16.6. The van der Waals surface area contributed by atoms with Crippen molar-refractivity contribution < 1.29 is 9.53 Å². The van der Waals surface area contributed by atoms with Gasteiger partial charge in [-0.2, -0.15) is 0 Å². The molecule has 0 bridgehead atoms. The minimum Gasteiger partial charge on any atom is -0.444 e. The molecule has 1 heterocycles. The van der Waals surface area contributed by atoms with Crippen molar-refractivity contribution in [1.29, 1.82) is 0 Å². The predicted octanol–water partition coefficient (Wildman–Crippen LogP) is 5.87. The lowest BCUT2D eigenvalue weighted by atomic mass is 9.86. The fourth-order valence-corrected chi connectivity index (χ4v) is 4.29. The number of ether oxygens (including phenoxy) is 1. The average molecular weight is 409 g/mol. The van der Waals surface area contributed by atoms with Crippen molar-refractivity contribution in [3.05, 3.63) is 71.8 Å². The van der Waals surface area contributed by atoms with E-state index in [0.717, 1.165) is 25.9 Å². The summed E-state index contributed by atoms with van der Waals surface area (Å²) >= 11 is 0. The molecular weight excluding hydrogens is 372 g/mol. The Kier molecular flexibility index (Phi) is 6.87. The highest BCUT2D eigenvalue weighted by molar-refractivity contribution is 5.69. The first-order valence-electron chi connectivity index (χ1n) is 11.0. The fourth-order valence-electron chi connectivity index (χ4n) is 4.29. The van der Waals surface area contributed by atoms with E-state index in [1.807, 2.05) is 25.7 Å². The van der Waals surface area contributed by atoms with Gasteiger partial charge >= 0.3 is 6.09 Å². The minimum absolute atomic E-state index is 0.205. The zero-order chi connectivity index (χ0) is 21.8. The lowest BCUT2D eigenvalue weighted by molar-refractivity contribution is -0.0246.